The summed E-state index contributed by atoms with van der Waals surface area (Å²) in [6.45, 7) is 6.35. The van der Waals surface area contributed by atoms with E-state index < -0.39 is 11.5 Å². The largest absolute Gasteiger partial charge is 0.480 e. The summed E-state index contributed by atoms with van der Waals surface area (Å²) in [6.07, 6.45) is 3.46. The zero-order valence-electron chi connectivity index (χ0n) is 12.0. The Hall–Kier alpha value is -1.10. The van der Waals surface area contributed by atoms with E-state index in [4.69, 9.17) is 0 Å². The molecule has 1 amide bonds. The second-order valence-electron chi connectivity index (χ2n) is 6.19. The monoisotopic (exact) mass is 268 g/mol. The van der Waals surface area contributed by atoms with Gasteiger partial charge in [0.05, 0.1) is 6.04 Å². The summed E-state index contributed by atoms with van der Waals surface area (Å²) in [7, 11) is 0. The Bertz CT molecular complexity index is 381. The average molecular weight is 268 g/mol. The summed E-state index contributed by atoms with van der Waals surface area (Å²) in [5.74, 6) is -0.0142. The van der Waals surface area contributed by atoms with E-state index in [9.17, 15) is 14.7 Å². The van der Waals surface area contributed by atoms with Crippen LogP contribution in [0.2, 0.25) is 0 Å². The predicted molar refractivity (Wildman–Crippen MR) is 71.7 cm³/mol. The molecule has 1 saturated carbocycles. The summed E-state index contributed by atoms with van der Waals surface area (Å²) in [5.41, 5.74) is -1.15. The van der Waals surface area contributed by atoms with Gasteiger partial charge < -0.3 is 15.3 Å². The third-order valence-electron chi connectivity index (χ3n) is 4.79. The molecule has 0 aromatic heterocycles. The maximum absolute atomic E-state index is 12.7. The third kappa shape index (κ3) is 2.36. The Kier molecular flexibility index (Phi) is 3.85. The lowest BCUT2D eigenvalue weighted by Gasteiger charge is -2.37. The fourth-order valence-corrected chi connectivity index (χ4v) is 3.57. The van der Waals surface area contributed by atoms with Crippen molar-refractivity contribution in [2.75, 3.05) is 13.1 Å². The van der Waals surface area contributed by atoms with E-state index in [0.717, 1.165) is 13.0 Å². The van der Waals surface area contributed by atoms with E-state index in [0.29, 0.717) is 18.4 Å². The number of carbonyl (C=O) groups excluding carboxylic acids is 1. The van der Waals surface area contributed by atoms with Gasteiger partial charge in [-0.15, -0.1) is 0 Å². The number of fused-ring (bicyclic) bond motifs is 1. The molecule has 0 aromatic rings. The maximum Gasteiger partial charge on any atom is 0.329 e. The Morgan fingerprint density at radius 1 is 1.37 bits per heavy atom. The fraction of sp³-hybridized carbons (Fsp3) is 0.857. The molecule has 0 bridgehead atoms. The zero-order chi connectivity index (χ0) is 14.2. The van der Waals surface area contributed by atoms with Crippen molar-refractivity contribution in [2.24, 2.45) is 11.8 Å². The van der Waals surface area contributed by atoms with Gasteiger partial charge in [0.1, 0.15) is 5.54 Å². The predicted octanol–water partition coefficient (Wildman–Crippen LogP) is 1.09. The van der Waals surface area contributed by atoms with Crippen LogP contribution in [-0.2, 0) is 9.59 Å². The Balaban J connectivity index is 2.15. The van der Waals surface area contributed by atoms with Crippen LogP contribution in [0.5, 0.6) is 0 Å². The molecule has 1 saturated heterocycles. The Morgan fingerprint density at radius 3 is 2.63 bits per heavy atom. The summed E-state index contributed by atoms with van der Waals surface area (Å²) >= 11 is 0. The molecular weight excluding hydrogens is 244 g/mol. The molecule has 0 spiro atoms. The Labute approximate surface area is 114 Å². The minimum Gasteiger partial charge on any atom is -0.480 e. The van der Waals surface area contributed by atoms with Gasteiger partial charge in [0.2, 0.25) is 5.91 Å². The number of nitrogens with zero attached hydrogens (tertiary/aromatic N) is 1. The van der Waals surface area contributed by atoms with Crippen LogP contribution in [-0.4, -0.2) is 46.6 Å². The second kappa shape index (κ2) is 5.12. The molecule has 1 aliphatic carbocycles. The molecule has 2 fully saturated rings. The topological polar surface area (TPSA) is 69.6 Å². The molecule has 19 heavy (non-hydrogen) atoms. The van der Waals surface area contributed by atoms with E-state index in [1.165, 1.54) is 17.7 Å². The maximum atomic E-state index is 12.7. The smallest absolute Gasteiger partial charge is 0.329 e. The third-order valence-corrected chi connectivity index (χ3v) is 4.79. The van der Waals surface area contributed by atoms with Crippen molar-refractivity contribution in [3.05, 3.63) is 0 Å². The number of aliphatic carboxylic acids is 1. The molecule has 0 radical (unpaired) electrons. The highest BCUT2D eigenvalue weighted by Gasteiger charge is 2.47. The molecule has 3 unspecified atom stereocenters. The molecule has 3 atom stereocenters. The van der Waals surface area contributed by atoms with Gasteiger partial charge in [0, 0.05) is 6.54 Å². The van der Waals surface area contributed by atoms with Crippen LogP contribution in [0, 0.1) is 11.8 Å². The van der Waals surface area contributed by atoms with E-state index in [-0.39, 0.29) is 11.9 Å². The molecule has 0 aromatic carbocycles. The van der Waals surface area contributed by atoms with Gasteiger partial charge in [-0.05, 0) is 52.0 Å². The fourth-order valence-electron chi connectivity index (χ4n) is 3.57. The second-order valence-corrected chi connectivity index (χ2v) is 6.19. The Morgan fingerprint density at radius 2 is 2.05 bits per heavy atom. The minimum atomic E-state index is -1.15. The number of carboxylic acids is 1. The van der Waals surface area contributed by atoms with Gasteiger partial charge in [0.25, 0.3) is 0 Å². The molecule has 2 rings (SSSR count). The van der Waals surface area contributed by atoms with Crippen LogP contribution in [0.3, 0.4) is 0 Å². The highest BCUT2D eigenvalue weighted by atomic mass is 16.4. The first-order chi connectivity index (χ1) is 8.89. The number of carbonyl (C=O) groups is 2. The first-order valence-corrected chi connectivity index (χ1v) is 7.17. The van der Waals surface area contributed by atoms with Gasteiger partial charge in [-0.1, -0.05) is 6.42 Å². The summed E-state index contributed by atoms with van der Waals surface area (Å²) in [6, 6.07) is -0.189. The number of hydrogen-bond acceptors (Lipinski definition) is 3. The molecule has 2 aliphatic rings. The summed E-state index contributed by atoms with van der Waals surface area (Å²) in [5, 5.41) is 12.6. The SMILES string of the molecule is CCN(C(=O)C1NCC2CCCC21)C(C)(C)C(=O)O. The molecular formula is C14H24N2O3. The van der Waals surface area contributed by atoms with E-state index in [2.05, 4.69) is 5.32 Å². The van der Waals surface area contributed by atoms with Crippen molar-refractivity contribution in [3.63, 3.8) is 0 Å². The molecule has 5 nitrogen and oxygen atoms in total. The lowest BCUT2D eigenvalue weighted by Crippen LogP contribution is -2.58. The summed E-state index contributed by atoms with van der Waals surface area (Å²) in [4.78, 5) is 25.5. The normalized spacial score (nSPS) is 30.2. The van der Waals surface area contributed by atoms with Gasteiger partial charge in [-0.3, -0.25) is 4.79 Å². The average Bonchev–Trinajstić information content (AvgIpc) is 2.90. The van der Waals surface area contributed by atoms with Crippen LogP contribution in [0.15, 0.2) is 0 Å². The van der Waals surface area contributed by atoms with Crippen LogP contribution in [0.25, 0.3) is 0 Å². The van der Waals surface area contributed by atoms with Crippen molar-refractivity contribution < 1.29 is 14.7 Å². The van der Waals surface area contributed by atoms with Crippen LogP contribution in [0.1, 0.15) is 40.0 Å². The van der Waals surface area contributed by atoms with Crippen molar-refractivity contribution in [1.82, 2.24) is 10.2 Å². The van der Waals surface area contributed by atoms with Crippen molar-refractivity contribution in [3.8, 4) is 0 Å². The molecule has 2 N–H and O–H groups in total. The highest BCUT2D eigenvalue weighted by Crippen LogP contribution is 2.38. The lowest BCUT2D eigenvalue weighted by molar-refractivity contribution is -0.157. The molecule has 1 aliphatic heterocycles. The standard InChI is InChI=1S/C14H24N2O3/c1-4-16(14(2,3)13(18)19)12(17)11-10-7-5-6-9(10)8-15-11/h9-11,15H,4-8H2,1-3H3,(H,18,19). The first-order valence-electron chi connectivity index (χ1n) is 7.17. The highest BCUT2D eigenvalue weighted by molar-refractivity contribution is 5.89. The quantitative estimate of drug-likeness (QED) is 0.800. The van der Waals surface area contributed by atoms with Gasteiger partial charge in [-0.2, -0.15) is 0 Å². The number of nitrogens with one attached hydrogen (secondary N) is 1. The van der Waals surface area contributed by atoms with E-state index >= 15 is 0 Å². The lowest BCUT2D eigenvalue weighted by atomic mass is 9.92. The van der Waals surface area contributed by atoms with E-state index in [1.807, 2.05) is 6.92 Å². The zero-order valence-corrected chi connectivity index (χ0v) is 12.0. The number of amides is 1. The number of likely N-dealkylation sites (N-methyl/N-ethyl adjacent to an activating group) is 1. The van der Waals surface area contributed by atoms with Gasteiger partial charge >= 0.3 is 5.97 Å². The van der Waals surface area contributed by atoms with Crippen LogP contribution < -0.4 is 5.32 Å². The van der Waals surface area contributed by atoms with Crippen molar-refractivity contribution >= 4 is 11.9 Å². The molecule has 5 heteroatoms. The van der Waals surface area contributed by atoms with Crippen LogP contribution >= 0.6 is 0 Å². The van der Waals surface area contributed by atoms with Gasteiger partial charge in [0.15, 0.2) is 0 Å². The molecule has 108 valence electrons. The van der Waals surface area contributed by atoms with E-state index in [1.54, 1.807) is 13.8 Å². The minimum absolute atomic E-state index is 0.0516. The van der Waals surface area contributed by atoms with Crippen LogP contribution in [0.4, 0.5) is 0 Å². The summed E-state index contributed by atoms with van der Waals surface area (Å²) < 4.78 is 0. The number of hydrogen-bond donors (Lipinski definition) is 2. The van der Waals surface area contributed by atoms with Gasteiger partial charge in [-0.25, -0.2) is 4.79 Å². The molecule has 1 heterocycles. The number of rotatable bonds is 4. The van der Waals surface area contributed by atoms with Crippen molar-refractivity contribution in [1.29, 1.82) is 0 Å². The number of carboxylic acid groups (broad SMARTS) is 1. The van der Waals surface area contributed by atoms with Crippen molar-refractivity contribution in [2.45, 2.75) is 51.6 Å². The first kappa shape index (κ1) is 14.3.